The van der Waals surface area contributed by atoms with Gasteiger partial charge >= 0.3 is 0 Å². The number of benzene rings is 1. The predicted octanol–water partition coefficient (Wildman–Crippen LogP) is 2.97. The Morgan fingerprint density at radius 3 is 2.97 bits per heavy atom. The van der Waals surface area contributed by atoms with Crippen molar-refractivity contribution in [2.75, 3.05) is 24.5 Å². The molecule has 152 valence electrons. The number of hydrogen-bond donors (Lipinski definition) is 2. The van der Waals surface area contributed by atoms with Gasteiger partial charge in [-0.3, -0.25) is 4.98 Å². The van der Waals surface area contributed by atoms with E-state index in [1.807, 2.05) is 36.5 Å². The first-order chi connectivity index (χ1) is 14.6. The molecule has 0 unspecified atom stereocenters. The molecular formula is C22H24N8. The number of aromatic amines is 1. The number of piperazine rings is 1. The number of aryl methyl sites for hydroxylation is 1. The van der Waals surface area contributed by atoms with E-state index in [1.54, 1.807) is 12.5 Å². The molecule has 8 heteroatoms. The summed E-state index contributed by atoms with van der Waals surface area (Å²) >= 11 is 0. The zero-order valence-electron chi connectivity index (χ0n) is 17.1. The number of aliphatic imine (C=N–C) groups is 1. The molecular weight excluding hydrogens is 376 g/mol. The molecule has 1 aromatic carbocycles. The van der Waals surface area contributed by atoms with Gasteiger partial charge in [-0.2, -0.15) is 0 Å². The standard InChI is InChI=1S/C22H24N8/c1-14-11-25-20-19(14)21(27-13-26-20)29-8-9-30(15(2)12-29)22(23)28-17-6-5-16-4-3-7-24-18(16)10-17/h3-7,10-11,13,15H,8-9,12H2,1-2H3,(H2,23,28)(H,25,26,27)/t15-/m0/s1. The lowest BCUT2D eigenvalue weighted by molar-refractivity contribution is 0.294. The Morgan fingerprint density at radius 1 is 1.20 bits per heavy atom. The average molecular weight is 400 g/mol. The van der Waals surface area contributed by atoms with Gasteiger partial charge in [0.2, 0.25) is 0 Å². The van der Waals surface area contributed by atoms with Crippen LogP contribution in [0, 0.1) is 6.92 Å². The second-order valence-corrected chi connectivity index (χ2v) is 7.73. The first kappa shape index (κ1) is 18.4. The van der Waals surface area contributed by atoms with E-state index in [-0.39, 0.29) is 6.04 Å². The number of nitrogens with zero attached hydrogens (tertiary/aromatic N) is 6. The van der Waals surface area contributed by atoms with E-state index in [0.29, 0.717) is 5.96 Å². The fourth-order valence-electron chi connectivity index (χ4n) is 4.15. The minimum Gasteiger partial charge on any atom is -0.369 e. The molecule has 0 bridgehead atoms. The third-order valence-corrected chi connectivity index (χ3v) is 5.70. The van der Waals surface area contributed by atoms with Gasteiger partial charge in [-0.1, -0.05) is 12.1 Å². The van der Waals surface area contributed by atoms with Crippen molar-refractivity contribution in [1.29, 1.82) is 0 Å². The van der Waals surface area contributed by atoms with Crippen molar-refractivity contribution in [3.05, 3.63) is 54.6 Å². The van der Waals surface area contributed by atoms with Gasteiger partial charge in [-0.15, -0.1) is 0 Å². The number of hydrogen-bond acceptors (Lipinski definition) is 5. The van der Waals surface area contributed by atoms with Crippen molar-refractivity contribution < 1.29 is 0 Å². The van der Waals surface area contributed by atoms with Gasteiger partial charge in [0.05, 0.1) is 16.6 Å². The molecule has 3 N–H and O–H groups in total. The van der Waals surface area contributed by atoms with Crippen LogP contribution in [0.3, 0.4) is 0 Å². The van der Waals surface area contributed by atoms with E-state index < -0.39 is 0 Å². The SMILES string of the molecule is Cc1c[nH]c2ncnc(N3CCN(C(N)=Nc4ccc5cccnc5c4)[C@@H](C)C3)c12. The van der Waals surface area contributed by atoms with Crippen LogP contribution in [0.4, 0.5) is 11.5 Å². The molecule has 0 amide bonds. The van der Waals surface area contributed by atoms with Crippen LogP contribution in [-0.4, -0.2) is 56.5 Å². The highest BCUT2D eigenvalue weighted by molar-refractivity contribution is 5.91. The third-order valence-electron chi connectivity index (χ3n) is 5.70. The smallest absolute Gasteiger partial charge is 0.196 e. The van der Waals surface area contributed by atoms with Gasteiger partial charge in [0.25, 0.3) is 0 Å². The predicted molar refractivity (Wildman–Crippen MR) is 120 cm³/mol. The molecule has 1 saturated heterocycles. The normalized spacial score (nSPS) is 17.8. The minimum atomic E-state index is 0.199. The maximum Gasteiger partial charge on any atom is 0.196 e. The van der Waals surface area contributed by atoms with Crippen LogP contribution in [0.2, 0.25) is 0 Å². The molecule has 1 aliphatic rings. The molecule has 1 atom stereocenters. The minimum absolute atomic E-state index is 0.199. The van der Waals surface area contributed by atoms with Crippen LogP contribution in [0.5, 0.6) is 0 Å². The summed E-state index contributed by atoms with van der Waals surface area (Å²) in [5, 5.41) is 2.18. The lowest BCUT2D eigenvalue weighted by Crippen LogP contribution is -2.56. The Bertz CT molecular complexity index is 1240. The molecule has 0 aliphatic carbocycles. The average Bonchev–Trinajstić information content (AvgIpc) is 3.14. The molecule has 3 aromatic heterocycles. The first-order valence-electron chi connectivity index (χ1n) is 10.1. The number of fused-ring (bicyclic) bond motifs is 2. The van der Waals surface area contributed by atoms with Crippen molar-refractivity contribution >= 4 is 39.4 Å². The van der Waals surface area contributed by atoms with Gasteiger partial charge in [0.1, 0.15) is 17.8 Å². The van der Waals surface area contributed by atoms with E-state index in [9.17, 15) is 0 Å². The summed E-state index contributed by atoms with van der Waals surface area (Å²) in [5.74, 6) is 1.50. The number of guanidine groups is 1. The lowest BCUT2D eigenvalue weighted by Gasteiger charge is -2.41. The monoisotopic (exact) mass is 400 g/mol. The second kappa shape index (κ2) is 7.29. The molecule has 0 radical (unpaired) electrons. The third kappa shape index (κ3) is 3.20. The Morgan fingerprint density at radius 2 is 2.10 bits per heavy atom. The molecule has 8 nitrogen and oxygen atoms in total. The molecule has 30 heavy (non-hydrogen) atoms. The van der Waals surface area contributed by atoms with E-state index in [1.165, 1.54) is 0 Å². The van der Waals surface area contributed by atoms with Crippen molar-refractivity contribution in [2.45, 2.75) is 19.9 Å². The summed E-state index contributed by atoms with van der Waals surface area (Å²) in [6, 6.07) is 10.1. The number of nitrogens with one attached hydrogen (secondary N) is 1. The van der Waals surface area contributed by atoms with Crippen molar-refractivity contribution in [3.8, 4) is 0 Å². The highest BCUT2D eigenvalue weighted by Gasteiger charge is 2.27. The fourth-order valence-corrected chi connectivity index (χ4v) is 4.15. The number of H-pyrrole nitrogens is 1. The fraction of sp³-hybridized carbons (Fsp3) is 0.273. The zero-order valence-corrected chi connectivity index (χ0v) is 17.1. The Balaban J connectivity index is 1.37. The molecule has 0 saturated carbocycles. The topological polar surface area (TPSA) is 99.3 Å². The number of aromatic nitrogens is 4. The zero-order chi connectivity index (χ0) is 20.7. The van der Waals surface area contributed by atoms with Crippen molar-refractivity contribution in [2.24, 2.45) is 10.7 Å². The van der Waals surface area contributed by atoms with Crippen LogP contribution in [-0.2, 0) is 0 Å². The van der Waals surface area contributed by atoms with Gasteiger partial charge in [0, 0.05) is 43.5 Å². The summed E-state index contributed by atoms with van der Waals surface area (Å²) in [4.78, 5) is 25.7. The number of pyridine rings is 1. The first-order valence-corrected chi connectivity index (χ1v) is 10.1. The van der Waals surface area contributed by atoms with Crippen LogP contribution in [0.1, 0.15) is 12.5 Å². The van der Waals surface area contributed by atoms with E-state index in [2.05, 4.69) is 48.6 Å². The lowest BCUT2D eigenvalue weighted by atomic mass is 10.1. The van der Waals surface area contributed by atoms with E-state index in [4.69, 9.17) is 5.73 Å². The highest BCUT2D eigenvalue weighted by atomic mass is 15.4. The number of nitrogens with two attached hydrogens (primary N) is 1. The van der Waals surface area contributed by atoms with Gasteiger partial charge in [-0.25, -0.2) is 15.0 Å². The van der Waals surface area contributed by atoms with Crippen LogP contribution >= 0.6 is 0 Å². The quantitative estimate of drug-likeness (QED) is 0.396. The molecule has 0 spiro atoms. The summed E-state index contributed by atoms with van der Waals surface area (Å²) < 4.78 is 0. The molecule has 4 aromatic rings. The summed E-state index contributed by atoms with van der Waals surface area (Å²) in [6.45, 7) is 6.65. The van der Waals surface area contributed by atoms with Crippen LogP contribution in [0.25, 0.3) is 21.9 Å². The molecule has 5 rings (SSSR count). The Labute approximate surface area is 174 Å². The van der Waals surface area contributed by atoms with E-state index >= 15 is 0 Å². The Hall–Kier alpha value is -3.68. The summed E-state index contributed by atoms with van der Waals surface area (Å²) in [6.07, 6.45) is 5.39. The number of anilines is 1. The van der Waals surface area contributed by atoms with Crippen LogP contribution in [0.15, 0.2) is 54.0 Å². The maximum absolute atomic E-state index is 6.40. The van der Waals surface area contributed by atoms with E-state index in [0.717, 1.165) is 58.6 Å². The van der Waals surface area contributed by atoms with Gasteiger partial charge in [-0.05, 0) is 37.6 Å². The largest absolute Gasteiger partial charge is 0.369 e. The second-order valence-electron chi connectivity index (χ2n) is 7.73. The Kier molecular flexibility index (Phi) is 4.46. The highest BCUT2D eigenvalue weighted by Crippen LogP contribution is 2.28. The van der Waals surface area contributed by atoms with Crippen molar-refractivity contribution in [1.82, 2.24) is 24.8 Å². The maximum atomic E-state index is 6.40. The summed E-state index contributed by atoms with van der Waals surface area (Å²) in [7, 11) is 0. The summed E-state index contributed by atoms with van der Waals surface area (Å²) in [5.41, 5.74) is 10.2. The van der Waals surface area contributed by atoms with Gasteiger partial charge < -0.3 is 20.5 Å². The molecule has 4 heterocycles. The van der Waals surface area contributed by atoms with Gasteiger partial charge in [0.15, 0.2) is 5.96 Å². The molecule has 1 aliphatic heterocycles. The molecule has 1 fully saturated rings. The van der Waals surface area contributed by atoms with Crippen molar-refractivity contribution in [3.63, 3.8) is 0 Å². The number of rotatable bonds is 2. The van der Waals surface area contributed by atoms with Crippen LogP contribution < -0.4 is 10.6 Å².